The lowest BCUT2D eigenvalue weighted by Crippen LogP contribution is -2.41. The Hall–Kier alpha value is -1.67. The molecule has 0 fully saturated rings. The van der Waals surface area contributed by atoms with Crippen molar-refractivity contribution in [3.05, 3.63) is 0 Å². The van der Waals surface area contributed by atoms with Crippen LogP contribution in [0.2, 0.25) is 0 Å². The zero-order chi connectivity index (χ0) is 15.4. The normalized spacial score (nSPS) is 11.7. The summed E-state index contributed by atoms with van der Waals surface area (Å²) in [5.74, 6) is -1.79. The van der Waals surface area contributed by atoms with Gasteiger partial charge >= 0.3 is 12.0 Å². The lowest BCUT2D eigenvalue weighted by Gasteiger charge is -2.09. The third-order valence-corrected chi connectivity index (χ3v) is 2.27. The first-order valence-corrected chi connectivity index (χ1v) is 6.31. The van der Waals surface area contributed by atoms with Crippen LogP contribution in [-0.2, 0) is 19.1 Å². The van der Waals surface area contributed by atoms with Crippen LogP contribution in [0.25, 0.3) is 0 Å². The molecule has 0 aliphatic rings. The maximum Gasteiger partial charge on any atom is 0.321 e. The van der Waals surface area contributed by atoms with E-state index in [1.165, 1.54) is 0 Å². The summed E-state index contributed by atoms with van der Waals surface area (Å²) in [7, 11) is 1.56. The minimum Gasteiger partial charge on any atom is -0.481 e. The van der Waals surface area contributed by atoms with Crippen LogP contribution < -0.4 is 10.6 Å². The van der Waals surface area contributed by atoms with E-state index >= 15 is 0 Å². The van der Waals surface area contributed by atoms with Gasteiger partial charge in [0.2, 0.25) is 5.91 Å². The number of carbonyl (C=O) groups is 3. The minimum absolute atomic E-state index is 0.00986. The van der Waals surface area contributed by atoms with E-state index in [1.807, 2.05) is 0 Å². The number of carboxylic acids is 1. The largest absolute Gasteiger partial charge is 0.481 e. The van der Waals surface area contributed by atoms with Crippen molar-refractivity contribution in [1.29, 1.82) is 0 Å². The van der Waals surface area contributed by atoms with Crippen molar-refractivity contribution in [2.75, 3.05) is 33.5 Å². The summed E-state index contributed by atoms with van der Waals surface area (Å²) in [4.78, 5) is 33.1. The van der Waals surface area contributed by atoms with Crippen molar-refractivity contribution in [3.8, 4) is 0 Å². The molecule has 8 heteroatoms. The van der Waals surface area contributed by atoms with Crippen molar-refractivity contribution >= 4 is 17.9 Å². The molecule has 0 saturated carbocycles. The van der Waals surface area contributed by atoms with Gasteiger partial charge in [-0.3, -0.25) is 14.9 Å². The molecule has 1 atom stereocenters. The molecular weight excluding hydrogens is 268 g/mol. The highest BCUT2D eigenvalue weighted by Crippen LogP contribution is 2.06. The molecule has 0 aliphatic carbocycles. The highest BCUT2D eigenvalue weighted by Gasteiger charge is 2.14. The van der Waals surface area contributed by atoms with E-state index in [1.54, 1.807) is 14.0 Å². The number of aliphatic carboxylic acids is 1. The van der Waals surface area contributed by atoms with Crippen LogP contribution in [0.1, 0.15) is 19.8 Å². The first-order chi connectivity index (χ1) is 9.45. The van der Waals surface area contributed by atoms with Gasteiger partial charge in [-0.05, 0) is 5.92 Å². The Bertz CT molecular complexity index is 321. The lowest BCUT2D eigenvalue weighted by atomic mass is 10.0. The van der Waals surface area contributed by atoms with Gasteiger partial charge in [0, 0.05) is 26.5 Å². The number of carbonyl (C=O) groups excluding carboxylic acids is 2. The molecule has 0 rings (SSSR count). The van der Waals surface area contributed by atoms with Crippen LogP contribution in [0.3, 0.4) is 0 Å². The van der Waals surface area contributed by atoms with Crippen molar-refractivity contribution < 1.29 is 29.0 Å². The summed E-state index contributed by atoms with van der Waals surface area (Å²) in [6.45, 7) is 3.14. The molecule has 116 valence electrons. The Morgan fingerprint density at radius 2 is 1.85 bits per heavy atom. The van der Waals surface area contributed by atoms with Crippen molar-refractivity contribution in [3.63, 3.8) is 0 Å². The fourth-order valence-corrected chi connectivity index (χ4v) is 1.39. The van der Waals surface area contributed by atoms with Crippen LogP contribution in [0.15, 0.2) is 0 Å². The van der Waals surface area contributed by atoms with Crippen molar-refractivity contribution in [1.82, 2.24) is 10.6 Å². The Morgan fingerprint density at radius 3 is 2.45 bits per heavy atom. The minimum atomic E-state index is -0.969. The van der Waals surface area contributed by atoms with Crippen LogP contribution in [0, 0.1) is 5.92 Å². The molecule has 0 aromatic rings. The van der Waals surface area contributed by atoms with Crippen LogP contribution in [-0.4, -0.2) is 56.5 Å². The summed E-state index contributed by atoms with van der Waals surface area (Å²) in [5, 5.41) is 13.1. The fourth-order valence-electron chi connectivity index (χ4n) is 1.39. The summed E-state index contributed by atoms with van der Waals surface area (Å²) in [5.41, 5.74) is 0. The first kappa shape index (κ1) is 18.3. The first-order valence-electron chi connectivity index (χ1n) is 6.31. The predicted octanol–water partition coefficient (Wildman–Crippen LogP) is -0.0239. The number of ether oxygens (including phenoxy) is 2. The van der Waals surface area contributed by atoms with Crippen LogP contribution >= 0.6 is 0 Å². The number of rotatable bonds is 10. The number of methoxy groups -OCH3 is 1. The fraction of sp³-hybridized carbons (Fsp3) is 0.750. The Labute approximate surface area is 117 Å². The number of nitrogens with one attached hydrogen (secondary N) is 2. The van der Waals surface area contributed by atoms with E-state index in [2.05, 4.69) is 10.6 Å². The van der Waals surface area contributed by atoms with Gasteiger partial charge in [-0.15, -0.1) is 0 Å². The molecule has 0 spiro atoms. The van der Waals surface area contributed by atoms with E-state index < -0.39 is 17.9 Å². The molecule has 0 aliphatic heterocycles. The molecule has 20 heavy (non-hydrogen) atoms. The third kappa shape index (κ3) is 11.4. The number of carboxylic acid groups (broad SMARTS) is 1. The highest BCUT2D eigenvalue weighted by atomic mass is 16.5. The van der Waals surface area contributed by atoms with Gasteiger partial charge in [-0.1, -0.05) is 6.92 Å². The monoisotopic (exact) mass is 290 g/mol. The number of hydrogen-bond donors (Lipinski definition) is 3. The molecular formula is C12H22N2O6. The second-order valence-electron chi connectivity index (χ2n) is 4.32. The molecule has 0 aromatic carbocycles. The third-order valence-electron chi connectivity index (χ3n) is 2.27. The zero-order valence-corrected chi connectivity index (χ0v) is 11.8. The van der Waals surface area contributed by atoms with E-state index in [0.29, 0.717) is 19.8 Å². The van der Waals surface area contributed by atoms with Crippen molar-refractivity contribution in [2.24, 2.45) is 5.92 Å². The second kappa shape index (κ2) is 11.2. The van der Waals surface area contributed by atoms with Crippen LogP contribution in [0.4, 0.5) is 4.79 Å². The number of urea groups is 1. The summed E-state index contributed by atoms with van der Waals surface area (Å²) in [6, 6.07) is -0.618. The highest BCUT2D eigenvalue weighted by molar-refractivity contribution is 5.94. The predicted molar refractivity (Wildman–Crippen MR) is 70.3 cm³/mol. The smallest absolute Gasteiger partial charge is 0.321 e. The molecule has 0 saturated heterocycles. The van der Waals surface area contributed by atoms with Gasteiger partial charge in [-0.2, -0.15) is 0 Å². The lowest BCUT2D eigenvalue weighted by molar-refractivity contribution is -0.138. The maximum atomic E-state index is 11.4. The van der Waals surface area contributed by atoms with E-state index in [0.717, 1.165) is 0 Å². The molecule has 0 aromatic heterocycles. The van der Waals surface area contributed by atoms with E-state index in [4.69, 9.17) is 14.6 Å². The standard InChI is InChI=1S/C12H22N2O6/c1-9(8-11(16)17)7-10(15)14-12(18)13-3-4-20-6-5-19-2/h9H,3-8H2,1-2H3,(H,16,17)(H2,13,14,15,18). The van der Waals surface area contributed by atoms with E-state index in [9.17, 15) is 14.4 Å². The Kier molecular flexibility index (Phi) is 10.2. The summed E-state index contributed by atoms with van der Waals surface area (Å²) < 4.78 is 9.90. The molecule has 3 amide bonds. The number of amides is 3. The molecule has 0 bridgehead atoms. The molecule has 0 radical (unpaired) electrons. The number of hydrogen-bond acceptors (Lipinski definition) is 5. The van der Waals surface area contributed by atoms with Gasteiger partial charge in [0.05, 0.1) is 19.8 Å². The zero-order valence-electron chi connectivity index (χ0n) is 11.8. The average molecular weight is 290 g/mol. The van der Waals surface area contributed by atoms with E-state index in [-0.39, 0.29) is 25.3 Å². The Balaban J connectivity index is 3.64. The average Bonchev–Trinajstić information content (AvgIpc) is 2.32. The quantitative estimate of drug-likeness (QED) is 0.487. The van der Waals surface area contributed by atoms with Gasteiger partial charge in [0.15, 0.2) is 0 Å². The molecule has 0 heterocycles. The Morgan fingerprint density at radius 1 is 1.15 bits per heavy atom. The maximum absolute atomic E-state index is 11.4. The van der Waals surface area contributed by atoms with Gasteiger partial charge < -0.3 is 19.9 Å². The second-order valence-corrected chi connectivity index (χ2v) is 4.32. The van der Waals surface area contributed by atoms with Gasteiger partial charge in [0.25, 0.3) is 0 Å². The van der Waals surface area contributed by atoms with Gasteiger partial charge in [-0.25, -0.2) is 4.79 Å². The molecule has 8 nitrogen and oxygen atoms in total. The summed E-state index contributed by atoms with van der Waals surface area (Å²) >= 11 is 0. The van der Waals surface area contributed by atoms with Crippen LogP contribution in [0.5, 0.6) is 0 Å². The number of imide groups is 1. The van der Waals surface area contributed by atoms with Crippen molar-refractivity contribution in [2.45, 2.75) is 19.8 Å². The molecule has 1 unspecified atom stereocenters. The molecule has 3 N–H and O–H groups in total. The topological polar surface area (TPSA) is 114 Å². The summed E-state index contributed by atoms with van der Waals surface area (Å²) in [6.07, 6.45) is -0.119. The SMILES string of the molecule is COCCOCCNC(=O)NC(=O)CC(C)CC(=O)O. The van der Waals surface area contributed by atoms with Gasteiger partial charge in [0.1, 0.15) is 0 Å².